The number of urea groups is 1. The summed E-state index contributed by atoms with van der Waals surface area (Å²) in [6.45, 7) is 3.64. The van der Waals surface area contributed by atoms with Gasteiger partial charge in [0.2, 0.25) is 20.0 Å². The summed E-state index contributed by atoms with van der Waals surface area (Å²) in [5, 5.41) is 2.53. The van der Waals surface area contributed by atoms with Crippen molar-refractivity contribution in [2.45, 2.75) is 12.3 Å². The summed E-state index contributed by atoms with van der Waals surface area (Å²) in [5.74, 6) is 0. The van der Waals surface area contributed by atoms with Crippen LogP contribution < -0.4 is 5.32 Å². The lowest BCUT2D eigenvalue weighted by Gasteiger charge is -2.42. The molecule has 2 fully saturated rings. The molecule has 0 spiro atoms. The van der Waals surface area contributed by atoms with Crippen molar-refractivity contribution in [1.29, 1.82) is 0 Å². The fourth-order valence-corrected chi connectivity index (χ4v) is 4.66. The van der Waals surface area contributed by atoms with E-state index in [1.807, 2.05) is 0 Å². The van der Waals surface area contributed by atoms with E-state index in [1.54, 1.807) is 0 Å². The largest absolute Gasteiger partial charge is 0.320 e. The second-order valence-corrected chi connectivity index (χ2v) is 8.87. The summed E-state index contributed by atoms with van der Waals surface area (Å²) in [4.78, 5) is 13.3. The van der Waals surface area contributed by atoms with Gasteiger partial charge in [-0.15, -0.1) is 6.58 Å². The molecule has 0 aromatic heterocycles. The Kier molecular flexibility index (Phi) is 4.04. The van der Waals surface area contributed by atoms with Gasteiger partial charge in [0.1, 0.15) is 12.3 Å². The zero-order valence-corrected chi connectivity index (χ0v) is 13.4. The summed E-state index contributed by atoms with van der Waals surface area (Å²) in [7, 11) is -7.15. The Morgan fingerprint density at radius 2 is 1.71 bits per heavy atom. The smallest absolute Gasteiger partial charge is 0.318 e. The number of fused-ring (bicyclic) bond motifs is 1. The molecule has 0 aliphatic carbocycles. The van der Waals surface area contributed by atoms with Gasteiger partial charge in [-0.1, -0.05) is 6.08 Å². The van der Waals surface area contributed by atoms with Crippen molar-refractivity contribution >= 4 is 26.1 Å². The van der Waals surface area contributed by atoms with Gasteiger partial charge in [-0.2, -0.15) is 8.61 Å². The maximum absolute atomic E-state index is 12.0. The van der Waals surface area contributed by atoms with Crippen molar-refractivity contribution < 1.29 is 21.6 Å². The lowest BCUT2D eigenvalue weighted by Crippen LogP contribution is -2.65. The fourth-order valence-electron chi connectivity index (χ4n) is 2.64. The standard InChI is InChI=1S/C10H18N4O5S2/c1-4-5-12-9-8(11-10(12)15)13(20(2,16)17)6-7-14(9)21(3,18)19/h4,8-9H,1,5-7H2,2-3H3,(H,11,15)/t8-,9-/m1/s1. The van der Waals surface area contributed by atoms with Crippen molar-refractivity contribution in [3.05, 3.63) is 12.7 Å². The third kappa shape index (κ3) is 2.91. The van der Waals surface area contributed by atoms with E-state index in [1.165, 1.54) is 11.0 Å². The Bertz CT molecular complexity index is 659. The number of sulfonamides is 2. The minimum absolute atomic E-state index is 0.00429. The van der Waals surface area contributed by atoms with E-state index in [-0.39, 0.29) is 19.6 Å². The van der Waals surface area contributed by atoms with Gasteiger partial charge in [-0.05, 0) is 0 Å². The number of nitrogens with one attached hydrogen (secondary N) is 1. The lowest BCUT2D eigenvalue weighted by atomic mass is 10.3. The van der Waals surface area contributed by atoms with Gasteiger partial charge < -0.3 is 10.2 Å². The fraction of sp³-hybridized carbons (Fsp3) is 0.700. The summed E-state index contributed by atoms with van der Waals surface area (Å²) < 4.78 is 49.7. The Morgan fingerprint density at radius 3 is 2.19 bits per heavy atom. The van der Waals surface area contributed by atoms with Crippen LogP contribution in [0.3, 0.4) is 0 Å². The normalized spacial score (nSPS) is 28.3. The quantitative estimate of drug-likeness (QED) is 0.621. The molecular formula is C10H18N4O5S2. The molecule has 0 aromatic carbocycles. The summed E-state index contributed by atoms with van der Waals surface area (Å²) in [5.41, 5.74) is 0. The molecule has 2 aliphatic heterocycles. The highest BCUT2D eigenvalue weighted by molar-refractivity contribution is 7.88. The molecule has 0 aromatic rings. The minimum atomic E-state index is -3.58. The highest BCUT2D eigenvalue weighted by Crippen LogP contribution is 2.27. The molecule has 2 saturated heterocycles. The minimum Gasteiger partial charge on any atom is -0.318 e. The summed E-state index contributed by atoms with van der Waals surface area (Å²) in [6, 6.07) is -0.519. The van der Waals surface area contributed by atoms with Gasteiger partial charge in [0.05, 0.1) is 12.5 Å². The maximum Gasteiger partial charge on any atom is 0.320 e. The molecule has 0 radical (unpaired) electrons. The third-order valence-electron chi connectivity index (χ3n) is 3.46. The number of carbonyl (C=O) groups excluding carboxylic acids is 1. The van der Waals surface area contributed by atoms with Gasteiger partial charge >= 0.3 is 6.03 Å². The molecule has 0 unspecified atom stereocenters. The second kappa shape index (κ2) is 5.23. The third-order valence-corrected chi connectivity index (χ3v) is 5.97. The van der Waals surface area contributed by atoms with Crippen LogP contribution in [0.1, 0.15) is 0 Å². The van der Waals surface area contributed by atoms with Gasteiger partial charge in [0.15, 0.2) is 0 Å². The maximum atomic E-state index is 12.0. The van der Waals surface area contributed by atoms with Crippen LogP contribution in [0.25, 0.3) is 0 Å². The van der Waals surface area contributed by atoms with E-state index in [0.717, 1.165) is 21.1 Å². The number of piperazine rings is 1. The predicted molar refractivity (Wildman–Crippen MR) is 76.1 cm³/mol. The number of carbonyl (C=O) groups is 1. The van der Waals surface area contributed by atoms with Crippen LogP contribution in [0.4, 0.5) is 4.79 Å². The van der Waals surface area contributed by atoms with Crippen LogP contribution in [-0.4, -0.2) is 80.9 Å². The van der Waals surface area contributed by atoms with Gasteiger partial charge in [0, 0.05) is 19.6 Å². The molecule has 2 atom stereocenters. The van der Waals surface area contributed by atoms with Crippen LogP contribution in [0.2, 0.25) is 0 Å². The molecule has 1 N–H and O–H groups in total. The molecule has 0 bridgehead atoms. The van der Waals surface area contributed by atoms with Crippen LogP contribution in [0.15, 0.2) is 12.7 Å². The molecule has 2 rings (SSSR count). The predicted octanol–water partition coefficient (Wildman–Crippen LogP) is -1.61. The highest BCUT2D eigenvalue weighted by atomic mass is 32.2. The van der Waals surface area contributed by atoms with E-state index in [2.05, 4.69) is 11.9 Å². The van der Waals surface area contributed by atoms with Gasteiger partial charge in [-0.3, -0.25) is 0 Å². The van der Waals surface area contributed by atoms with E-state index in [4.69, 9.17) is 0 Å². The second-order valence-electron chi connectivity index (χ2n) is 5.00. The van der Waals surface area contributed by atoms with Crippen molar-refractivity contribution in [3.8, 4) is 0 Å². The van der Waals surface area contributed by atoms with Crippen molar-refractivity contribution in [1.82, 2.24) is 18.8 Å². The van der Waals surface area contributed by atoms with Crippen LogP contribution >= 0.6 is 0 Å². The van der Waals surface area contributed by atoms with Gasteiger partial charge in [-0.25, -0.2) is 21.6 Å². The number of hydrogen-bond acceptors (Lipinski definition) is 5. The van der Waals surface area contributed by atoms with Crippen LogP contribution in [-0.2, 0) is 20.0 Å². The molecule has 0 saturated carbocycles. The monoisotopic (exact) mass is 338 g/mol. The van der Waals surface area contributed by atoms with E-state index in [0.29, 0.717) is 0 Å². The van der Waals surface area contributed by atoms with Crippen LogP contribution in [0.5, 0.6) is 0 Å². The molecule has 2 amide bonds. The average Bonchev–Trinajstić information content (AvgIpc) is 2.63. The lowest BCUT2D eigenvalue weighted by molar-refractivity contribution is 0.0735. The Labute approximate surface area is 124 Å². The van der Waals surface area contributed by atoms with E-state index >= 15 is 0 Å². The van der Waals surface area contributed by atoms with Crippen LogP contribution in [0, 0.1) is 0 Å². The zero-order valence-electron chi connectivity index (χ0n) is 11.8. The SMILES string of the molecule is C=CCN1C(=O)N[C@H]2[C@H]1N(S(C)(=O)=O)CCN2S(C)(=O)=O. The Hall–Kier alpha value is -1.17. The van der Waals surface area contributed by atoms with Crippen molar-refractivity contribution in [2.24, 2.45) is 0 Å². The molecule has 11 heteroatoms. The zero-order chi connectivity index (χ0) is 16.0. The first-order valence-electron chi connectivity index (χ1n) is 6.19. The first kappa shape index (κ1) is 16.2. The Morgan fingerprint density at radius 1 is 1.19 bits per heavy atom. The summed E-state index contributed by atoms with van der Waals surface area (Å²) in [6.07, 6.45) is 1.68. The first-order valence-corrected chi connectivity index (χ1v) is 9.88. The highest BCUT2D eigenvalue weighted by Gasteiger charge is 2.52. The molecular weight excluding hydrogens is 320 g/mol. The average molecular weight is 338 g/mol. The van der Waals surface area contributed by atoms with Crippen molar-refractivity contribution in [2.75, 3.05) is 32.1 Å². The van der Waals surface area contributed by atoms with E-state index < -0.39 is 38.4 Å². The summed E-state index contributed by atoms with van der Waals surface area (Å²) >= 11 is 0. The number of nitrogens with zero attached hydrogens (tertiary/aromatic N) is 3. The molecule has 120 valence electrons. The van der Waals surface area contributed by atoms with E-state index in [9.17, 15) is 21.6 Å². The molecule has 21 heavy (non-hydrogen) atoms. The number of amides is 2. The molecule has 9 nitrogen and oxygen atoms in total. The molecule has 2 aliphatic rings. The first-order chi connectivity index (χ1) is 9.57. The Balaban J connectivity index is 2.47. The number of rotatable bonds is 4. The molecule has 2 heterocycles. The van der Waals surface area contributed by atoms with Crippen molar-refractivity contribution in [3.63, 3.8) is 0 Å². The number of hydrogen-bond donors (Lipinski definition) is 1. The topological polar surface area (TPSA) is 107 Å². The van der Waals surface area contributed by atoms with Gasteiger partial charge in [0.25, 0.3) is 0 Å².